The number of benzene rings is 1. The molecule has 0 amide bonds. The van der Waals surface area contributed by atoms with E-state index in [0.29, 0.717) is 0 Å². The van der Waals surface area contributed by atoms with Crippen LogP contribution < -0.4 is 10.6 Å². The van der Waals surface area contributed by atoms with Gasteiger partial charge in [0.1, 0.15) is 5.52 Å². The van der Waals surface area contributed by atoms with Crippen LogP contribution in [0, 0.1) is 12.8 Å². The zero-order valence-electron chi connectivity index (χ0n) is 10.7. The van der Waals surface area contributed by atoms with Gasteiger partial charge in [-0.2, -0.15) is 0 Å². The van der Waals surface area contributed by atoms with Crippen LogP contribution in [0.5, 0.6) is 0 Å². The minimum Gasteiger partial charge on any atom is -0.441 e. The number of rotatable bonds is 3. The Morgan fingerprint density at radius 1 is 1.39 bits per heavy atom. The number of oxazole rings is 1. The predicted molar refractivity (Wildman–Crippen MR) is 72.8 cm³/mol. The van der Waals surface area contributed by atoms with Crippen molar-refractivity contribution in [3.63, 3.8) is 0 Å². The van der Waals surface area contributed by atoms with Crippen molar-refractivity contribution in [2.45, 2.75) is 19.8 Å². The number of aromatic nitrogens is 1. The first-order valence-corrected chi connectivity index (χ1v) is 6.63. The Labute approximate surface area is 107 Å². The van der Waals surface area contributed by atoms with Crippen LogP contribution in [0.4, 0.5) is 5.69 Å². The summed E-state index contributed by atoms with van der Waals surface area (Å²) in [5.74, 6) is 1.50. The second-order valence-corrected chi connectivity index (χ2v) is 4.99. The monoisotopic (exact) mass is 245 g/mol. The van der Waals surface area contributed by atoms with E-state index in [1.54, 1.807) is 0 Å². The van der Waals surface area contributed by atoms with Gasteiger partial charge in [-0.3, -0.25) is 0 Å². The molecule has 18 heavy (non-hydrogen) atoms. The molecule has 3 rings (SSSR count). The molecule has 0 aliphatic carbocycles. The largest absolute Gasteiger partial charge is 0.441 e. The third-order valence-corrected chi connectivity index (χ3v) is 3.55. The van der Waals surface area contributed by atoms with Crippen LogP contribution in [0.2, 0.25) is 0 Å². The Hall–Kier alpha value is -1.55. The molecule has 2 aromatic rings. The first kappa shape index (κ1) is 11.5. The molecule has 2 N–H and O–H groups in total. The van der Waals surface area contributed by atoms with Crippen molar-refractivity contribution in [2.75, 3.05) is 25.0 Å². The molecule has 0 spiro atoms. The molecule has 96 valence electrons. The van der Waals surface area contributed by atoms with Crippen molar-refractivity contribution in [1.82, 2.24) is 10.3 Å². The molecule has 1 aliphatic rings. The summed E-state index contributed by atoms with van der Waals surface area (Å²) in [6.45, 7) is 5.21. The van der Waals surface area contributed by atoms with Gasteiger partial charge in [0.05, 0.1) is 0 Å². The van der Waals surface area contributed by atoms with Crippen LogP contribution in [0.25, 0.3) is 11.1 Å². The smallest absolute Gasteiger partial charge is 0.192 e. The van der Waals surface area contributed by atoms with Crippen LogP contribution in [-0.2, 0) is 0 Å². The molecule has 4 nitrogen and oxygen atoms in total. The van der Waals surface area contributed by atoms with Gasteiger partial charge in [-0.25, -0.2) is 4.98 Å². The second-order valence-electron chi connectivity index (χ2n) is 4.99. The molecule has 0 unspecified atom stereocenters. The molecule has 0 radical (unpaired) electrons. The Bertz CT molecular complexity index is 529. The third-order valence-electron chi connectivity index (χ3n) is 3.55. The third kappa shape index (κ3) is 2.48. The van der Waals surface area contributed by atoms with Crippen molar-refractivity contribution in [3.8, 4) is 0 Å². The van der Waals surface area contributed by atoms with Gasteiger partial charge in [0.25, 0.3) is 0 Å². The van der Waals surface area contributed by atoms with Gasteiger partial charge >= 0.3 is 0 Å². The van der Waals surface area contributed by atoms with Crippen molar-refractivity contribution < 1.29 is 4.42 Å². The number of hydrogen-bond donors (Lipinski definition) is 2. The highest BCUT2D eigenvalue weighted by Crippen LogP contribution is 2.21. The van der Waals surface area contributed by atoms with Crippen molar-refractivity contribution in [3.05, 3.63) is 24.1 Å². The van der Waals surface area contributed by atoms with E-state index in [1.165, 1.54) is 12.8 Å². The van der Waals surface area contributed by atoms with Gasteiger partial charge in [-0.1, -0.05) is 0 Å². The topological polar surface area (TPSA) is 50.1 Å². The standard InChI is InChI=1S/C14H19N3O/c1-10-17-13-3-2-12(8-14(13)18-10)16-9-11-4-6-15-7-5-11/h2-3,8,11,15-16H,4-7,9H2,1H3. The molecule has 1 aromatic heterocycles. The summed E-state index contributed by atoms with van der Waals surface area (Å²) in [5.41, 5.74) is 2.92. The number of hydrogen-bond acceptors (Lipinski definition) is 4. The quantitative estimate of drug-likeness (QED) is 0.872. The van der Waals surface area contributed by atoms with E-state index in [9.17, 15) is 0 Å². The Morgan fingerprint density at radius 3 is 3.06 bits per heavy atom. The zero-order chi connectivity index (χ0) is 12.4. The summed E-state index contributed by atoms with van der Waals surface area (Å²) in [6, 6.07) is 6.12. The summed E-state index contributed by atoms with van der Waals surface area (Å²) in [4.78, 5) is 4.30. The first-order valence-electron chi connectivity index (χ1n) is 6.63. The van der Waals surface area contributed by atoms with Crippen LogP contribution in [0.1, 0.15) is 18.7 Å². The number of piperidine rings is 1. The maximum atomic E-state index is 5.54. The Balaban J connectivity index is 1.66. The lowest BCUT2D eigenvalue weighted by molar-refractivity contribution is 0.390. The number of anilines is 1. The molecule has 2 heterocycles. The lowest BCUT2D eigenvalue weighted by atomic mass is 9.98. The number of nitrogens with zero attached hydrogens (tertiary/aromatic N) is 1. The van der Waals surface area contributed by atoms with Crippen molar-refractivity contribution in [2.24, 2.45) is 5.92 Å². The van der Waals surface area contributed by atoms with Gasteiger partial charge in [-0.05, 0) is 44.0 Å². The molecule has 1 fully saturated rings. The summed E-state index contributed by atoms with van der Waals surface area (Å²) in [7, 11) is 0. The van der Waals surface area contributed by atoms with E-state index in [0.717, 1.165) is 48.2 Å². The molecular formula is C14H19N3O. The van der Waals surface area contributed by atoms with E-state index >= 15 is 0 Å². The maximum absolute atomic E-state index is 5.54. The van der Waals surface area contributed by atoms with E-state index < -0.39 is 0 Å². The van der Waals surface area contributed by atoms with Gasteiger partial charge in [0, 0.05) is 25.2 Å². The van der Waals surface area contributed by atoms with Crippen LogP contribution in [0.3, 0.4) is 0 Å². The Kier molecular flexibility index (Phi) is 3.19. The van der Waals surface area contributed by atoms with Crippen LogP contribution in [-0.4, -0.2) is 24.6 Å². The molecule has 1 saturated heterocycles. The van der Waals surface area contributed by atoms with Crippen LogP contribution in [0.15, 0.2) is 22.6 Å². The SMILES string of the molecule is Cc1nc2ccc(NCC3CCNCC3)cc2o1. The molecular weight excluding hydrogens is 226 g/mol. The fraction of sp³-hybridized carbons (Fsp3) is 0.500. The molecule has 0 saturated carbocycles. The van der Waals surface area contributed by atoms with Gasteiger partial charge in [0.15, 0.2) is 11.5 Å². The molecule has 0 bridgehead atoms. The number of nitrogens with one attached hydrogen (secondary N) is 2. The van der Waals surface area contributed by atoms with Gasteiger partial charge in [0.2, 0.25) is 0 Å². The minimum absolute atomic E-state index is 0.723. The summed E-state index contributed by atoms with van der Waals surface area (Å²) in [5, 5.41) is 6.89. The summed E-state index contributed by atoms with van der Waals surface area (Å²) in [6.07, 6.45) is 2.52. The fourth-order valence-corrected chi connectivity index (χ4v) is 2.50. The van der Waals surface area contributed by atoms with Crippen molar-refractivity contribution >= 4 is 16.8 Å². The minimum atomic E-state index is 0.723. The van der Waals surface area contributed by atoms with E-state index in [-0.39, 0.29) is 0 Å². The predicted octanol–water partition coefficient (Wildman–Crippen LogP) is 2.55. The molecule has 0 atom stereocenters. The average Bonchev–Trinajstić information content (AvgIpc) is 2.77. The first-order chi connectivity index (χ1) is 8.81. The number of fused-ring (bicyclic) bond motifs is 1. The zero-order valence-corrected chi connectivity index (χ0v) is 10.7. The lowest BCUT2D eigenvalue weighted by Gasteiger charge is -2.23. The van der Waals surface area contributed by atoms with Gasteiger partial charge < -0.3 is 15.1 Å². The van der Waals surface area contributed by atoms with E-state index in [4.69, 9.17) is 4.42 Å². The van der Waals surface area contributed by atoms with E-state index in [2.05, 4.69) is 21.7 Å². The Morgan fingerprint density at radius 2 is 2.22 bits per heavy atom. The normalized spacial score (nSPS) is 17.2. The van der Waals surface area contributed by atoms with Crippen LogP contribution >= 0.6 is 0 Å². The summed E-state index contributed by atoms with van der Waals surface area (Å²) >= 11 is 0. The molecule has 1 aromatic carbocycles. The average molecular weight is 245 g/mol. The highest BCUT2D eigenvalue weighted by atomic mass is 16.3. The maximum Gasteiger partial charge on any atom is 0.192 e. The highest BCUT2D eigenvalue weighted by molar-refractivity contribution is 5.77. The van der Waals surface area contributed by atoms with E-state index in [1.807, 2.05) is 19.1 Å². The second kappa shape index (κ2) is 4.98. The molecule has 1 aliphatic heterocycles. The van der Waals surface area contributed by atoms with Gasteiger partial charge in [-0.15, -0.1) is 0 Å². The highest BCUT2D eigenvalue weighted by Gasteiger charge is 2.12. The number of aryl methyl sites for hydroxylation is 1. The fourth-order valence-electron chi connectivity index (χ4n) is 2.50. The van der Waals surface area contributed by atoms with Crippen molar-refractivity contribution in [1.29, 1.82) is 0 Å². The summed E-state index contributed by atoms with van der Waals surface area (Å²) < 4.78 is 5.54. The molecule has 4 heteroatoms. The lowest BCUT2D eigenvalue weighted by Crippen LogP contribution is -2.31.